The van der Waals surface area contributed by atoms with Gasteiger partial charge in [-0.05, 0) is 24.0 Å². The molecule has 1 aromatic rings. The maximum Gasteiger partial charge on any atom is 0.0501 e. The Hall–Kier alpha value is -1.13. The highest BCUT2D eigenvalue weighted by molar-refractivity contribution is 5.34. The van der Waals surface area contributed by atoms with Gasteiger partial charge in [-0.25, -0.2) is 0 Å². The fraction of sp³-hybridized carbons (Fsp3) is 0.643. The number of anilines is 1. The highest BCUT2D eigenvalue weighted by Crippen LogP contribution is 2.18. The SMILES string of the molecule is COCCC(C)(C)CNCCc1ccc(N)cn1. The van der Waals surface area contributed by atoms with E-state index in [4.69, 9.17) is 10.5 Å². The number of nitrogens with two attached hydrogens (primary N) is 1. The molecule has 0 aliphatic heterocycles. The zero-order chi connectivity index (χ0) is 13.4. The molecular formula is C14H25N3O. The molecular weight excluding hydrogens is 226 g/mol. The van der Waals surface area contributed by atoms with Crippen molar-refractivity contribution in [3.05, 3.63) is 24.0 Å². The van der Waals surface area contributed by atoms with Gasteiger partial charge < -0.3 is 15.8 Å². The number of methoxy groups -OCH3 is 1. The summed E-state index contributed by atoms with van der Waals surface area (Å²) in [6.45, 7) is 7.24. The smallest absolute Gasteiger partial charge is 0.0501 e. The van der Waals surface area contributed by atoms with E-state index in [0.29, 0.717) is 5.69 Å². The Bertz CT molecular complexity index is 335. The third-order valence-electron chi connectivity index (χ3n) is 2.99. The van der Waals surface area contributed by atoms with Crippen LogP contribution in [0.25, 0.3) is 0 Å². The van der Waals surface area contributed by atoms with Crippen LogP contribution in [0.2, 0.25) is 0 Å². The zero-order valence-corrected chi connectivity index (χ0v) is 11.7. The van der Waals surface area contributed by atoms with Crippen LogP contribution in [0.5, 0.6) is 0 Å². The normalized spacial score (nSPS) is 11.7. The highest BCUT2D eigenvalue weighted by Gasteiger charge is 2.16. The predicted molar refractivity (Wildman–Crippen MR) is 75.5 cm³/mol. The number of hydrogen-bond donors (Lipinski definition) is 2. The van der Waals surface area contributed by atoms with Crippen molar-refractivity contribution in [1.82, 2.24) is 10.3 Å². The lowest BCUT2D eigenvalue weighted by Crippen LogP contribution is -2.31. The molecule has 0 saturated heterocycles. The van der Waals surface area contributed by atoms with Crippen LogP contribution in [0.3, 0.4) is 0 Å². The van der Waals surface area contributed by atoms with Crippen LogP contribution in [0.4, 0.5) is 5.69 Å². The van der Waals surface area contributed by atoms with Crippen molar-refractivity contribution in [2.45, 2.75) is 26.7 Å². The fourth-order valence-electron chi connectivity index (χ4n) is 1.69. The van der Waals surface area contributed by atoms with Gasteiger partial charge in [0.1, 0.15) is 0 Å². The minimum Gasteiger partial charge on any atom is -0.397 e. The molecule has 0 saturated carbocycles. The fourth-order valence-corrected chi connectivity index (χ4v) is 1.69. The second-order valence-corrected chi connectivity index (χ2v) is 5.42. The number of aromatic nitrogens is 1. The van der Waals surface area contributed by atoms with Crippen molar-refractivity contribution in [2.24, 2.45) is 5.41 Å². The summed E-state index contributed by atoms with van der Waals surface area (Å²) in [6, 6.07) is 3.87. The van der Waals surface area contributed by atoms with Gasteiger partial charge in [0, 0.05) is 38.9 Å². The average molecular weight is 251 g/mol. The second-order valence-electron chi connectivity index (χ2n) is 5.42. The molecule has 1 rings (SSSR count). The summed E-state index contributed by atoms with van der Waals surface area (Å²) in [5.74, 6) is 0. The molecule has 0 atom stereocenters. The van der Waals surface area contributed by atoms with Crippen LogP contribution in [-0.4, -0.2) is 31.8 Å². The summed E-state index contributed by atoms with van der Waals surface area (Å²) in [4.78, 5) is 4.28. The first-order chi connectivity index (χ1) is 8.53. The Kier molecular flexibility index (Phi) is 6.09. The topological polar surface area (TPSA) is 60.2 Å². The Labute approximate surface area is 110 Å². The van der Waals surface area contributed by atoms with E-state index < -0.39 is 0 Å². The molecule has 18 heavy (non-hydrogen) atoms. The van der Waals surface area contributed by atoms with Crippen molar-refractivity contribution >= 4 is 5.69 Å². The molecule has 0 spiro atoms. The predicted octanol–water partition coefficient (Wildman–Crippen LogP) is 1.86. The third kappa shape index (κ3) is 5.98. The lowest BCUT2D eigenvalue weighted by Gasteiger charge is -2.24. The maximum atomic E-state index is 5.60. The van der Waals surface area contributed by atoms with E-state index in [2.05, 4.69) is 24.1 Å². The number of pyridine rings is 1. The minimum atomic E-state index is 0.268. The number of nitrogen functional groups attached to an aromatic ring is 1. The van der Waals surface area contributed by atoms with Gasteiger partial charge in [0.25, 0.3) is 0 Å². The molecule has 0 amide bonds. The molecule has 0 aliphatic rings. The molecule has 0 bridgehead atoms. The van der Waals surface area contributed by atoms with Crippen LogP contribution in [-0.2, 0) is 11.2 Å². The summed E-state index contributed by atoms with van der Waals surface area (Å²) in [6.07, 6.45) is 3.70. The number of nitrogens with zero attached hydrogens (tertiary/aromatic N) is 1. The standard InChI is InChI=1S/C14H25N3O/c1-14(2,7-9-18-3)11-16-8-6-13-5-4-12(15)10-17-13/h4-5,10,16H,6-9,11,15H2,1-3H3. The lowest BCUT2D eigenvalue weighted by molar-refractivity contribution is 0.151. The van der Waals surface area contributed by atoms with E-state index in [0.717, 1.165) is 38.2 Å². The third-order valence-corrected chi connectivity index (χ3v) is 2.99. The van der Waals surface area contributed by atoms with Gasteiger partial charge >= 0.3 is 0 Å². The maximum absolute atomic E-state index is 5.60. The van der Waals surface area contributed by atoms with E-state index in [-0.39, 0.29) is 5.41 Å². The highest BCUT2D eigenvalue weighted by atomic mass is 16.5. The number of nitrogens with one attached hydrogen (secondary N) is 1. The zero-order valence-electron chi connectivity index (χ0n) is 11.7. The first-order valence-electron chi connectivity index (χ1n) is 6.43. The molecule has 4 nitrogen and oxygen atoms in total. The van der Waals surface area contributed by atoms with Crippen molar-refractivity contribution in [3.8, 4) is 0 Å². The molecule has 0 aliphatic carbocycles. The van der Waals surface area contributed by atoms with Crippen LogP contribution in [0.1, 0.15) is 26.0 Å². The van der Waals surface area contributed by atoms with Crippen LogP contribution in [0, 0.1) is 5.41 Å². The number of rotatable bonds is 8. The Morgan fingerprint density at radius 3 is 2.78 bits per heavy atom. The molecule has 0 radical (unpaired) electrons. The van der Waals surface area contributed by atoms with Crippen molar-refractivity contribution in [3.63, 3.8) is 0 Å². The van der Waals surface area contributed by atoms with Gasteiger partial charge in [-0.2, -0.15) is 0 Å². The molecule has 1 aromatic heterocycles. The number of ether oxygens (including phenoxy) is 1. The number of hydrogen-bond acceptors (Lipinski definition) is 4. The van der Waals surface area contributed by atoms with Crippen molar-refractivity contribution in [2.75, 3.05) is 32.5 Å². The minimum absolute atomic E-state index is 0.268. The van der Waals surface area contributed by atoms with E-state index in [1.165, 1.54) is 0 Å². The van der Waals surface area contributed by atoms with E-state index in [1.807, 2.05) is 12.1 Å². The Balaban J connectivity index is 2.20. The van der Waals surface area contributed by atoms with Crippen molar-refractivity contribution in [1.29, 1.82) is 0 Å². The molecule has 0 fully saturated rings. The van der Waals surface area contributed by atoms with Crippen molar-refractivity contribution < 1.29 is 4.74 Å². The monoisotopic (exact) mass is 251 g/mol. The van der Waals surface area contributed by atoms with Gasteiger partial charge in [0.2, 0.25) is 0 Å². The van der Waals surface area contributed by atoms with Crippen LogP contribution in [0.15, 0.2) is 18.3 Å². The Morgan fingerprint density at radius 2 is 2.17 bits per heavy atom. The molecule has 3 N–H and O–H groups in total. The first-order valence-corrected chi connectivity index (χ1v) is 6.43. The summed E-state index contributed by atoms with van der Waals surface area (Å²) >= 11 is 0. The van der Waals surface area contributed by atoms with E-state index in [9.17, 15) is 0 Å². The van der Waals surface area contributed by atoms with Gasteiger partial charge in [0.05, 0.1) is 11.9 Å². The van der Waals surface area contributed by atoms with Crippen LogP contribution >= 0.6 is 0 Å². The Morgan fingerprint density at radius 1 is 1.39 bits per heavy atom. The van der Waals surface area contributed by atoms with Gasteiger partial charge in [-0.15, -0.1) is 0 Å². The van der Waals surface area contributed by atoms with Gasteiger partial charge in [-0.1, -0.05) is 13.8 Å². The first kappa shape index (κ1) is 14.9. The summed E-state index contributed by atoms with van der Waals surface area (Å²) < 4.78 is 5.11. The average Bonchev–Trinajstić information content (AvgIpc) is 2.34. The summed E-state index contributed by atoms with van der Waals surface area (Å²) in [5.41, 5.74) is 7.65. The quantitative estimate of drug-likeness (QED) is 0.692. The molecule has 0 unspecified atom stereocenters. The summed E-state index contributed by atoms with van der Waals surface area (Å²) in [7, 11) is 1.75. The van der Waals surface area contributed by atoms with Gasteiger partial charge in [0.15, 0.2) is 0 Å². The summed E-state index contributed by atoms with van der Waals surface area (Å²) in [5, 5.41) is 3.47. The van der Waals surface area contributed by atoms with Gasteiger partial charge in [-0.3, -0.25) is 4.98 Å². The molecule has 0 aromatic carbocycles. The molecule has 4 heteroatoms. The lowest BCUT2D eigenvalue weighted by atomic mass is 9.90. The second kappa shape index (κ2) is 7.34. The van der Waals surface area contributed by atoms with E-state index >= 15 is 0 Å². The van der Waals surface area contributed by atoms with Crippen LogP contribution < -0.4 is 11.1 Å². The van der Waals surface area contributed by atoms with E-state index in [1.54, 1.807) is 13.3 Å². The molecule has 102 valence electrons. The largest absolute Gasteiger partial charge is 0.397 e. The molecule has 1 heterocycles.